The summed E-state index contributed by atoms with van der Waals surface area (Å²) in [7, 11) is 1.97. The van der Waals surface area contributed by atoms with Gasteiger partial charge in [0.15, 0.2) is 0 Å². The van der Waals surface area contributed by atoms with Crippen LogP contribution in [0.4, 0.5) is 0 Å². The maximum Gasteiger partial charge on any atom is 0.0877 e. The summed E-state index contributed by atoms with van der Waals surface area (Å²) >= 11 is 0. The number of rotatable bonds is 6. The molecule has 0 radical (unpaired) electrons. The summed E-state index contributed by atoms with van der Waals surface area (Å²) in [5, 5.41) is 3.30. The van der Waals surface area contributed by atoms with Crippen LogP contribution in [0.3, 0.4) is 0 Å². The first-order valence-corrected chi connectivity index (χ1v) is 6.30. The van der Waals surface area contributed by atoms with Crippen molar-refractivity contribution in [2.45, 2.75) is 39.0 Å². The molecule has 1 fully saturated rings. The highest BCUT2D eigenvalue weighted by atomic mass is 16.5. The van der Waals surface area contributed by atoms with Crippen LogP contribution in [0.15, 0.2) is 0 Å². The van der Waals surface area contributed by atoms with E-state index in [0.29, 0.717) is 0 Å². The summed E-state index contributed by atoms with van der Waals surface area (Å²) in [5.41, 5.74) is 0. The van der Waals surface area contributed by atoms with E-state index in [0.717, 1.165) is 32.8 Å². The molecule has 96 valence electrons. The number of likely N-dealkylation sites (N-methyl/N-ethyl adjacent to an activating group) is 2. The molecule has 0 spiro atoms. The molecule has 1 aliphatic rings. The Kier molecular flexibility index (Phi) is 6.28. The van der Waals surface area contributed by atoms with Crippen LogP contribution in [-0.2, 0) is 9.47 Å². The van der Waals surface area contributed by atoms with Crippen LogP contribution in [0.1, 0.15) is 20.8 Å². The molecule has 1 aliphatic heterocycles. The Morgan fingerprint density at radius 3 is 2.81 bits per heavy atom. The quantitative estimate of drug-likeness (QED) is 0.729. The van der Waals surface area contributed by atoms with E-state index < -0.39 is 0 Å². The summed E-state index contributed by atoms with van der Waals surface area (Å²) in [6.45, 7) is 11.0. The molecular formula is C12H26N2O2. The van der Waals surface area contributed by atoms with Crippen molar-refractivity contribution in [1.82, 2.24) is 10.2 Å². The van der Waals surface area contributed by atoms with Crippen LogP contribution in [0.25, 0.3) is 0 Å². The van der Waals surface area contributed by atoms with E-state index in [-0.39, 0.29) is 18.2 Å². The van der Waals surface area contributed by atoms with Gasteiger partial charge in [0, 0.05) is 13.1 Å². The van der Waals surface area contributed by atoms with Crippen molar-refractivity contribution in [1.29, 1.82) is 0 Å². The maximum atomic E-state index is 5.81. The number of hydrogen-bond acceptors (Lipinski definition) is 4. The largest absolute Gasteiger partial charge is 0.377 e. The number of nitrogens with zero attached hydrogens (tertiary/aromatic N) is 1. The Hall–Kier alpha value is -0.160. The lowest BCUT2D eigenvalue weighted by molar-refractivity contribution is -0.0641. The minimum Gasteiger partial charge on any atom is -0.377 e. The molecule has 4 heteroatoms. The van der Waals surface area contributed by atoms with Gasteiger partial charge in [-0.1, -0.05) is 6.92 Å². The minimum absolute atomic E-state index is 0.248. The molecule has 1 saturated heterocycles. The lowest BCUT2D eigenvalue weighted by Gasteiger charge is -2.36. The van der Waals surface area contributed by atoms with Crippen molar-refractivity contribution < 1.29 is 9.47 Å². The molecule has 16 heavy (non-hydrogen) atoms. The highest BCUT2D eigenvalue weighted by Gasteiger charge is 2.26. The lowest BCUT2D eigenvalue weighted by atomic mass is 10.1. The zero-order valence-electron chi connectivity index (χ0n) is 11.0. The summed E-state index contributed by atoms with van der Waals surface area (Å²) in [6, 6.07) is 0.289. The van der Waals surface area contributed by atoms with Crippen LogP contribution in [0.5, 0.6) is 0 Å². The third kappa shape index (κ3) is 4.37. The number of morpholine rings is 1. The van der Waals surface area contributed by atoms with Crippen molar-refractivity contribution in [3.05, 3.63) is 0 Å². The van der Waals surface area contributed by atoms with Gasteiger partial charge in [-0.05, 0) is 27.4 Å². The Labute approximate surface area is 99.3 Å². The monoisotopic (exact) mass is 230 g/mol. The van der Waals surface area contributed by atoms with Crippen molar-refractivity contribution >= 4 is 0 Å². The fourth-order valence-electron chi connectivity index (χ4n) is 1.93. The molecule has 0 aromatic carbocycles. The van der Waals surface area contributed by atoms with Gasteiger partial charge in [0.05, 0.1) is 31.5 Å². The first-order chi connectivity index (χ1) is 7.67. The molecule has 0 aliphatic carbocycles. The molecule has 2 unspecified atom stereocenters. The third-order valence-corrected chi connectivity index (χ3v) is 3.05. The van der Waals surface area contributed by atoms with Gasteiger partial charge < -0.3 is 14.8 Å². The topological polar surface area (TPSA) is 33.7 Å². The van der Waals surface area contributed by atoms with Gasteiger partial charge in [-0.25, -0.2) is 0 Å². The van der Waals surface area contributed by atoms with Gasteiger partial charge in [0.1, 0.15) is 0 Å². The van der Waals surface area contributed by atoms with Crippen LogP contribution in [0, 0.1) is 0 Å². The number of nitrogens with one attached hydrogen (secondary N) is 1. The minimum atomic E-state index is 0.248. The highest BCUT2D eigenvalue weighted by molar-refractivity contribution is 4.81. The fourth-order valence-corrected chi connectivity index (χ4v) is 1.93. The first-order valence-electron chi connectivity index (χ1n) is 6.30. The average molecular weight is 230 g/mol. The second-order valence-electron chi connectivity index (χ2n) is 4.58. The highest BCUT2D eigenvalue weighted by Crippen LogP contribution is 2.09. The number of ether oxygens (including phenoxy) is 2. The molecular weight excluding hydrogens is 204 g/mol. The molecule has 2 atom stereocenters. The SMILES string of the molecule is CCN1CCOC(C(COC(C)C)NC)C1. The summed E-state index contributed by atoms with van der Waals surface area (Å²) in [5.74, 6) is 0. The van der Waals surface area contributed by atoms with E-state index in [1.807, 2.05) is 7.05 Å². The lowest BCUT2D eigenvalue weighted by Crippen LogP contribution is -2.53. The van der Waals surface area contributed by atoms with Gasteiger partial charge in [-0.3, -0.25) is 4.90 Å². The number of hydrogen-bond donors (Lipinski definition) is 1. The molecule has 1 heterocycles. The normalized spacial score (nSPS) is 24.9. The van der Waals surface area contributed by atoms with E-state index in [2.05, 4.69) is 31.0 Å². The molecule has 0 amide bonds. The van der Waals surface area contributed by atoms with E-state index >= 15 is 0 Å². The van der Waals surface area contributed by atoms with Crippen LogP contribution < -0.4 is 5.32 Å². The Morgan fingerprint density at radius 1 is 1.50 bits per heavy atom. The second-order valence-corrected chi connectivity index (χ2v) is 4.58. The predicted octanol–water partition coefficient (Wildman–Crippen LogP) is 0.720. The zero-order valence-corrected chi connectivity index (χ0v) is 11.0. The van der Waals surface area contributed by atoms with E-state index in [4.69, 9.17) is 9.47 Å². The standard InChI is InChI=1S/C12H26N2O2/c1-5-14-6-7-15-12(8-14)11(13-4)9-16-10(2)3/h10-13H,5-9H2,1-4H3. The molecule has 1 rings (SSSR count). The second kappa shape index (κ2) is 7.22. The van der Waals surface area contributed by atoms with Crippen molar-refractivity contribution in [2.24, 2.45) is 0 Å². The smallest absolute Gasteiger partial charge is 0.0877 e. The molecule has 0 aromatic rings. The van der Waals surface area contributed by atoms with E-state index in [1.165, 1.54) is 0 Å². The van der Waals surface area contributed by atoms with Gasteiger partial charge >= 0.3 is 0 Å². The Bertz CT molecular complexity index is 188. The zero-order chi connectivity index (χ0) is 12.0. The first kappa shape index (κ1) is 13.9. The van der Waals surface area contributed by atoms with E-state index in [1.54, 1.807) is 0 Å². The molecule has 1 N–H and O–H groups in total. The van der Waals surface area contributed by atoms with Gasteiger partial charge in [0.2, 0.25) is 0 Å². The molecule has 4 nitrogen and oxygen atoms in total. The van der Waals surface area contributed by atoms with Crippen LogP contribution in [0.2, 0.25) is 0 Å². The third-order valence-electron chi connectivity index (χ3n) is 3.05. The Balaban J connectivity index is 2.38. The maximum absolute atomic E-state index is 5.81. The van der Waals surface area contributed by atoms with Gasteiger partial charge in [0.25, 0.3) is 0 Å². The average Bonchev–Trinajstić information content (AvgIpc) is 2.30. The van der Waals surface area contributed by atoms with Crippen molar-refractivity contribution in [3.8, 4) is 0 Å². The van der Waals surface area contributed by atoms with E-state index in [9.17, 15) is 0 Å². The summed E-state index contributed by atoms with van der Waals surface area (Å²) in [4.78, 5) is 2.42. The Morgan fingerprint density at radius 2 is 2.25 bits per heavy atom. The van der Waals surface area contributed by atoms with Crippen molar-refractivity contribution in [3.63, 3.8) is 0 Å². The predicted molar refractivity (Wildman–Crippen MR) is 65.8 cm³/mol. The summed E-state index contributed by atoms with van der Waals surface area (Å²) < 4.78 is 11.5. The fraction of sp³-hybridized carbons (Fsp3) is 1.00. The van der Waals surface area contributed by atoms with Gasteiger partial charge in [-0.2, -0.15) is 0 Å². The molecule has 0 bridgehead atoms. The van der Waals surface area contributed by atoms with Gasteiger partial charge in [-0.15, -0.1) is 0 Å². The summed E-state index contributed by atoms with van der Waals surface area (Å²) in [6.07, 6.45) is 0.527. The molecule has 0 saturated carbocycles. The van der Waals surface area contributed by atoms with Crippen LogP contribution in [-0.4, -0.2) is 63.0 Å². The van der Waals surface area contributed by atoms with Crippen LogP contribution >= 0.6 is 0 Å². The molecule has 0 aromatic heterocycles. The van der Waals surface area contributed by atoms with Crippen molar-refractivity contribution in [2.75, 3.05) is 39.9 Å².